The normalized spacial score (nSPS) is 18.0. The summed E-state index contributed by atoms with van der Waals surface area (Å²) in [5, 5.41) is 0.303. The fraction of sp³-hybridized carbons (Fsp3) is 0. The summed E-state index contributed by atoms with van der Waals surface area (Å²) < 4.78 is 181. The van der Waals surface area contributed by atoms with E-state index in [1.165, 1.54) is 18.2 Å². The van der Waals surface area contributed by atoms with E-state index in [1.807, 2.05) is 0 Å². The third kappa shape index (κ3) is 4.32. The molecular formula is C44H30O. The van der Waals surface area contributed by atoms with Crippen LogP contribution >= 0.6 is 0 Å². The average Bonchev–Trinajstić information content (AvgIpc) is 3.68. The Balaban J connectivity index is 1.60. The standard InChI is InChI=1S/C44H30O/c1-3-33-34(4-2)42(37-23-12-11-22-36(37)41(33)32-21-13-20-31(28-32)29-16-7-5-8-17-29)40-27-15-26-39-38-25-14-24-35(43(38)45-44(39)40)30-18-9-6-10-19-30/h3-28H,1-2H2/i1D,2D,5D,6D,7D,8D,9D,10D,11D,12D,13D,16D,17D,18D,19D,20D,21D,22D,23D,28D. The molecule has 8 rings (SSSR count). The van der Waals surface area contributed by atoms with E-state index in [0.717, 1.165) is 13.1 Å². The molecule has 1 heterocycles. The molecule has 0 aliphatic rings. The second-order valence-corrected chi connectivity index (χ2v) is 9.88. The lowest BCUT2D eigenvalue weighted by atomic mass is 9.82. The Hall–Kier alpha value is -5.92. The van der Waals surface area contributed by atoms with Crippen LogP contribution in [0.2, 0.25) is 0 Å². The van der Waals surface area contributed by atoms with E-state index >= 15 is 0 Å². The maximum Gasteiger partial charge on any atom is 0.143 e. The first-order chi connectivity index (χ1) is 30.7. The number of fused-ring (bicyclic) bond motifs is 4. The number of rotatable bonds is 6. The first-order valence-corrected chi connectivity index (χ1v) is 13.6. The highest BCUT2D eigenvalue weighted by atomic mass is 16.3. The van der Waals surface area contributed by atoms with Crippen molar-refractivity contribution in [3.8, 4) is 44.5 Å². The smallest absolute Gasteiger partial charge is 0.143 e. The van der Waals surface area contributed by atoms with E-state index in [1.54, 1.807) is 30.3 Å². The van der Waals surface area contributed by atoms with Gasteiger partial charge >= 0.3 is 0 Å². The van der Waals surface area contributed by atoms with E-state index in [4.69, 9.17) is 26.3 Å². The molecule has 0 aliphatic heterocycles. The monoisotopic (exact) mass is 594 g/mol. The fourth-order valence-electron chi connectivity index (χ4n) is 5.68. The van der Waals surface area contributed by atoms with Crippen LogP contribution < -0.4 is 0 Å². The Bertz CT molecular complexity index is 3440. The lowest BCUT2D eigenvalue weighted by Gasteiger charge is -2.20. The van der Waals surface area contributed by atoms with Crippen LogP contribution in [0.3, 0.4) is 0 Å². The summed E-state index contributed by atoms with van der Waals surface area (Å²) in [4.78, 5) is 0. The molecule has 0 atom stereocenters. The van der Waals surface area contributed by atoms with Gasteiger partial charge in [-0.1, -0.05) is 164 Å². The Morgan fingerprint density at radius 1 is 0.489 bits per heavy atom. The molecule has 0 spiro atoms. The molecule has 7 aromatic carbocycles. The van der Waals surface area contributed by atoms with Crippen LogP contribution in [0.4, 0.5) is 0 Å². The summed E-state index contributed by atoms with van der Waals surface area (Å²) in [5.41, 5.74) is -1.79. The number of hydrogen-bond donors (Lipinski definition) is 0. The molecule has 0 radical (unpaired) electrons. The second kappa shape index (κ2) is 11.0. The zero-order valence-electron chi connectivity index (χ0n) is 43.2. The summed E-state index contributed by atoms with van der Waals surface area (Å²) in [5.74, 6) is 0. The maximum absolute atomic E-state index is 9.58. The van der Waals surface area contributed by atoms with E-state index in [-0.39, 0.29) is 60.9 Å². The van der Waals surface area contributed by atoms with Crippen molar-refractivity contribution >= 4 is 44.9 Å². The van der Waals surface area contributed by atoms with E-state index in [2.05, 4.69) is 0 Å². The van der Waals surface area contributed by atoms with Crippen molar-refractivity contribution in [2.45, 2.75) is 0 Å². The quantitative estimate of drug-likeness (QED) is 0.187. The van der Waals surface area contributed by atoms with Crippen LogP contribution in [0.1, 0.15) is 38.5 Å². The van der Waals surface area contributed by atoms with E-state index < -0.39 is 125 Å². The second-order valence-electron chi connectivity index (χ2n) is 9.88. The minimum Gasteiger partial charge on any atom is -0.455 e. The van der Waals surface area contributed by atoms with Crippen molar-refractivity contribution in [1.82, 2.24) is 0 Å². The van der Waals surface area contributed by atoms with E-state index in [9.17, 15) is 5.48 Å². The van der Waals surface area contributed by atoms with Gasteiger partial charge in [0.25, 0.3) is 0 Å². The highest BCUT2D eigenvalue weighted by Gasteiger charge is 2.22. The summed E-state index contributed by atoms with van der Waals surface area (Å²) in [6.07, 6.45) is 2.43. The number of hydrogen-bond acceptors (Lipinski definition) is 1. The van der Waals surface area contributed by atoms with Gasteiger partial charge in [-0.15, -0.1) is 0 Å². The van der Waals surface area contributed by atoms with Gasteiger partial charge in [0.1, 0.15) is 11.2 Å². The molecule has 0 unspecified atom stereocenters. The molecule has 212 valence electrons. The molecule has 0 bridgehead atoms. The van der Waals surface area contributed by atoms with Gasteiger partial charge in [0.15, 0.2) is 0 Å². The molecule has 0 N–H and O–H groups in total. The van der Waals surface area contributed by atoms with Crippen LogP contribution in [-0.2, 0) is 0 Å². The lowest BCUT2D eigenvalue weighted by molar-refractivity contribution is 0.671. The molecule has 0 saturated carbocycles. The molecule has 1 heteroatoms. The van der Waals surface area contributed by atoms with Crippen LogP contribution in [0.5, 0.6) is 0 Å². The summed E-state index contributed by atoms with van der Waals surface area (Å²) >= 11 is 0. The zero-order chi connectivity index (χ0) is 47.4. The molecule has 8 aromatic rings. The predicted octanol–water partition coefficient (Wildman–Crippen LogP) is 12.7. The summed E-state index contributed by atoms with van der Waals surface area (Å²) in [6, 6.07) is -3.01. The van der Waals surface area contributed by atoms with Gasteiger partial charge in [0.05, 0.1) is 27.4 Å². The van der Waals surface area contributed by atoms with Crippen LogP contribution in [0, 0.1) is 0 Å². The van der Waals surface area contributed by atoms with Gasteiger partial charge < -0.3 is 4.42 Å². The zero-order valence-corrected chi connectivity index (χ0v) is 23.2. The molecule has 0 fully saturated rings. The van der Waals surface area contributed by atoms with Crippen LogP contribution in [0.15, 0.2) is 163 Å². The minimum atomic E-state index is -0.851. The van der Waals surface area contributed by atoms with Gasteiger partial charge in [-0.3, -0.25) is 0 Å². The third-order valence-corrected chi connectivity index (χ3v) is 7.54. The molecule has 1 aromatic heterocycles. The number of para-hydroxylation sites is 2. The Kier molecular flexibility index (Phi) is 3.16. The van der Waals surface area contributed by atoms with E-state index in [0.29, 0.717) is 10.8 Å². The first kappa shape index (κ1) is 13.0. The van der Waals surface area contributed by atoms with Crippen molar-refractivity contribution in [2.75, 3.05) is 0 Å². The summed E-state index contributed by atoms with van der Waals surface area (Å²) in [6.45, 7) is 1.68. The molecule has 0 amide bonds. The highest BCUT2D eigenvalue weighted by molar-refractivity contribution is 6.18. The number of furan rings is 1. The van der Waals surface area contributed by atoms with Crippen molar-refractivity contribution < 1.29 is 31.8 Å². The predicted molar refractivity (Wildman–Crippen MR) is 193 cm³/mol. The maximum atomic E-state index is 9.58. The first-order valence-electron chi connectivity index (χ1n) is 23.8. The Labute approximate surface area is 291 Å². The molecule has 1 nitrogen and oxygen atoms in total. The molecule has 0 saturated heterocycles. The van der Waals surface area contributed by atoms with Gasteiger partial charge in [-0.2, -0.15) is 0 Å². The van der Waals surface area contributed by atoms with Crippen molar-refractivity contribution in [1.29, 1.82) is 0 Å². The number of benzene rings is 7. The third-order valence-electron chi connectivity index (χ3n) is 7.54. The van der Waals surface area contributed by atoms with Gasteiger partial charge in [-0.25, -0.2) is 0 Å². The van der Waals surface area contributed by atoms with Crippen LogP contribution in [-0.4, -0.2) is 0 Å². The van der Waals surface area contributed by atoms with Gasteiger partial charge in [0, 0.05) is 27.5 Å². The SMILES string of the molecule is [2H]C=Cc1c(C=C[2H])c(-c2cccc3c2oc2c(-c4c([2H])c([2H])c([2H])c([2H])c4[2H])cccc23)c2c([2H])c([2H])c([2H])c([2H])c2c1-c1c([2H])c([2H])c([2H])c(-c2c([2H])c([2H])c([2H])c([2H])c2[2H])c1[2H]. The fourth-order valence-corrected chi connectivity index (χ4v) is 5.68. The van der Waals surface area contributed by atoms with Crippen molar-refractivity contribution in [3.05, 3.63) is 169 Å². The largest absolute Gasteiger partial charge is 0.455 e. The Morgan fingerprint density at radius 3 is 1.71 bits per heavy atom. The van der Waals surface area contributed by atoms with Crippen LogP contribution in [0.25, 0.3) is 89.4 Å². The van der Waals surface area contributed by atoms with Crippen molar-refractivity contribution in [2.24, 2.45) is 0 Å². The van der Waals surface area contributed by atoms with Gasteiger partial charge in [0.2, 0.25) is 0 Å². The molecule has 45 heavy (non-hydrogen) atoms. The summed E-state index contributed by atoms with van der Waals surface area (Å²) in [7, 11) is 0. The minimum absolute atomic E-state index is 0.000491. The lowest BCUT2D eigenvalue weighted by Crippen LogP contribution is -1.96. The molecular weight excluding hydrogens is 544 g/mol. The topological polar surface area (TPSA) is 13.1 Å². The van der Waals surface area contributed by atoms with Crippen molar-refractivity contribution in [3.63, 3.8) is 0 Å². The Morgan fingerprint density at radius 2 is 1.02 bits per heavy atom. The van der Waals surface area contributed by atoms with Gasteiger partial charge in [-0.05, 0) is 55.8 Å². The molecule has 0 aliphatic carbocycles. The highest BCUT2D eigenvalue weighted by Crippen LogP contribution is 2.47. The average molecular weight is 595 g/mol.